The van der Waals surface area contributed by atoms with E-state index >= 15 is 0 Å². The Balaban J connectivity index is 3.03. The third kappa shape index (κ3) is 1.19. The molecule has 0 aromatic carbocycles. The summed E-state index contributed by atoms with van der Waals surface area (Å²) in [6.07, 6.45) is 0. The van der Waals surface area contributed by atoms with E-state index in [-0.39, 0.29) is 5.91 Å². The van der Waals surface area contributed by atoms with Gasteiger partial charge in [0.15, 0.2) is 0 Å². The zero-order valence-electron chi connectivity index (χ0n) is 8.07. The SMILES string of the molecule is CCN1C(=O)N(CO)C(C)(C)C1=O. The van der Waals surface area contributed by atoms with Crippen LogP contribution in [0.5, 0.6) is 0 Å². The number of aliphatic hydroxyl groups excluding tert-OH is 1. The van der Waals surface area contributed by atoms with E-state index in [1.165, 1.54) is 0 Å². The van der Waals surface area contributed by atoms with Gasteiger partial charge in [-0.2, -0.15) is 0 Å². The minimum Gasteiger partial charge on any atom is -0.376 e. The summed E-state index contributed by atoms with van der Waals surface area (Å²) in [5, 5.41) is 8.93. The molecule has 3 amide bonds. The number of rotatable bonds is 2. The topological polar surface area (TPSA) is 60.9 Å². The van der Waals surface area contributed by atoms with Crippen molar-refractivity contribution >= 4 is 11.9 Å². The maximum Gasteiger partial charge on any atom is 0.329 e. The number of carbonyl (C=O) groups is 2. The van der Waals surface area contributed by atoms with Crippen molar-refractivity contribution in [2.75, 3.05) is 13.3 Å². The molecule has 0 bridgehead atoms. The highest BCUT2D eigenvalue weighted by molar-refractivity contribution is 6.06. The predicted molar refractivity (Wildman–Crippen MR) is 45.8 cm³/mol. The number of urea groups is 1. The van der Waals surface area contributed by atoms with Gasteiger partial charge in [-0.3, -0.25) is 14.6 Å². The summed E-state index contributed by atoms with van der Waals surface area (Å²) in [5.74, 6) is -0.256. The van der Waals surface area contributed by atoms with Crippen molar-refractivity contribution in [1.82, 2.24) is 9.80 Å². The number of amides is 3. The maximum absolute atomic E-state index is 11.6. The second kappa shape index (κ2) is 2.99. The minimum atomic E-state index is -0.915. The molecule has 0 aliphatic carbocycles. The molecule has 13 heavy (non-hydrogen) atoms. The summed E-state index contributed by atoms with van der Waals surface area (Å²) < 4.78 is 0. The number of nitrogens with zero attached hydrogens (tertiary/aromatic N) is 2. The highest BCUT2D eigenvalue weighted by atomic mass is 16.3. The number of likely N-dealkylation sites (N-methyl/N-ethyl adjacent to an activating group) is 1. The van der Waals surface area contributed by atoms with E-state index in [1.54, 1.807) is 20.8 Å². The van der Waals surface area contributed by atoms with E-state index in [0.29, 0.717) is 6.54 Å². The third-order valence-electron chi connectivity index (χ3n) is 2.36. The van der Waals surface area contributed by atoms with Crippen LogP contribution in [0.4, 0.5) is 4.79 Å². The van der Waals surface area contributed by atoms with Crippen molar-refractivity contribution in [3.8, 4) is 0 Å². The Bertz CT molecular complexity index is 250. The van der Waals surface area contributed by atoms with Gasteiger partial charge < -0.3 is 5.11 Å². The number of aliphatic hydroxyl groups is 1. The van der Waals surface area contributed by atoms with Gasteiger partial charge in [0, 0.05) is 6.54 Å². The first-order chi connectivity index (χ1) is 5.96. The van der Waals surface area contributed by atoms with Crippen LogP contribution in [-0.2, 0) is 4.79 Å². The standard InChI is InChI=1S/C8H14N2O3/c1-4-9-6(12)8(2,3)10(5-11)7(9)13/h11H,4-5H2,1-3H3. The lowest BCUT2D eigenvalue weighted by Crippen LogP contribution is -2.44. The van der Waals surface area contributed by atoms with E-state index in [1.807, 2.05) is 0 Å². The summed E-state index contributed by atoms with van der Waals surface area (Å²) in [4.78, 5) is 25.3. The Hall–Kier alpha value is -1.10. The Morgan fingerprint density at radius 1 is 1.38 bits per heavy atom. The van der Waals surface area contributed by atoms with Crippen molar-refractivity contribution in [1.29, 1.82) is 0 Å². The van der Waals surface area contributed by atoms with Crippen LogP contribution in [0.25, 0.3) is 0 Å². The molecule has 0 aromatic heterocycles. The fraction of sp³-hybridized carbons (Fsp3) is 0.750. The first kappa shape index (κ1) is 9.98. The molecule has 0 aromatic rings. The summed E-state index contributed by atoms with van der Waals surface area (Å²) in [5.41, 5.74) is -0.915. The van der Waals surface area contributed by atoms with Crippen LogP contribution >= 0.6 is 0 Å². The van der Waals surface area contributed by atoms with E-state index in [9.17, 15) is 9.59 Å². The molecule has 1 saturated heterocycles. The second-order valence-electron chi connectivity index (χ2n) is 3.46. The molecule has 0 saturated carbocycles. The number of carbonyl (C=O) groups excluding carboxylic acids is 2. The van der Waals surface area contributed by atoms with Crippen LogP contribution in [0.2, 0.25) is 0 Å². The Kier molecular flexibility index (Phi) is 2.30. The van der Waals surface area contributed by atoms with Crippen molar-refractivity contribution in [2.45, 2.75) is 26.3 Å². The Labute approximate surface area is 76.9 Å². The van der Waals surface area contributed by atoms with E-state index < -0.39 is 18.3 Å². The molecular weight excluding hydrogens is 172 g/mol. The molecule has 1 heterocycles. The average molecular weight is 186 g/mol. The van der Waals surface area contributed by atoms with Crippen molar-refractivity contribution in [2.24, 2.45) is 0 Å². The molecule has 0 radical (unpaired) electrons. The summed E-state index contributed by atoms with van der Waals surface area (Å²) in [6, 6.07) is -0.417. The molecule has 1 rings (SSSR count). The van der Waals surface area contributed by atoms with Gasteiger partial charge >= 0.3 is 6.03 Å². The van der Waals surface area contributed by atoms with Gasteiger partial charge in [-0.1, -0.05) is 0 Å². The number of hydrogen-bond donors (Lipinski definition) is 1. The molecule has 1 N–H and O–H groups in total. The summed E-state index contributed by atoms with van der Waals surface area (Å²) in [6.45, 7) is 4.90. The largest absolute Gasteiger partial charge is 0.376 e. The monoisotopic (exact) mass is 186 g/mol. The molecule has 74 valence electrons. The van der Waals surface area contributed by atoms with Gasteiger partial charge in [0.2, 0.25) is 0 Å². The lowest BCUT2D eigenvalue weighted by molar-refractivity contribution is -0.132. The Morgan fingerprint density at radius 2 is 1.92 bits per heavy atom. The molecule has 5 nitrogen and oxygen atoms in total. The fourth-order valence-electron chi connectivity index (χ4n) is 1.43. The molecule has 1 aliphatic rings. The maximum atomic E-state index is 11.6. The zero-order valence-corrected chi connectivity index (χ0v) is 8.07. The van der Waals surface area contributed by atoms with Crippen molar-refractivity contribution < 1.29 is 14.7 Å². The van der Waals surface area contributed by atoms with Crippen molar-refractivity contribution in [3.05, 3.63) is 0 Å². The molecule has 0 spiro atoms. The van der Waals surface area contributed by atoms with E-state index in [2.05, 4.69) is 0 Å². The average Bonchev–Trinajstić information content (AvgIpc) is 2.20. The first-order valence-electron chi connectivity index (χ1n) is 4.21. The van der Waals surface area contributed by atoms with Crippen LogP contribution < -0.4 is 0 Å². The normalized spacial score (nSPS) is 21.5. The number of imide groups is 1. The molecule has 1 fully saturated rings. The van der Waals surface area contributed by atoms with Crippen LogP contribution in [0.15, 0.2) is 0 Å². The highest BCUT2D eigenvalue weighted by Crippen LogP contribution is 2.26. The highest BCUT2D eigenvalue weighted by Gasteiger charge is 2.50. The van der Waals surface area contributed by atoms with Gasteiger partial charge in [0.25, 0.3) is 5.91 Å². The third-order valence-corrected chi connectivity index (χ3v) is 2.36. The summed E-state index contributed by atoms with van der Waals surface area (Å²) in [7, 11) is 0. The Morgan fingerprint density at radius 3 is 2.15 bits per heavy atom. The molecule has 5 heteroatoms. The van der Waals surface area contributed by atoms with Crippen molar-refractivity contribution in [3.63, 3.8) is 0 Å². The lowest BCUT2D eigenvalue weighted by atomic mass is 10.1. The van der Waals surface area contributed by atoms with Crippen LogP contribution in [0.3, 0.4) is 0 Å². The van der Waals surface area contributed by atoms with Gasteiger partial charge in [-0.15, -0.1) is 0 Å². The molecular formula is C8H14N2O3. The second-order valence-corrected chi connectivity index (χ2v) is 3.46. The van der Waals surface area contributed by atoms with Gasteiger partial charge in [-0.25, -0.2) is 4.79 Å². The van der Waals surface area contributed by atoms with E-state index in [4.69, 9.17) is 5.11 Å². The minimum absolute atomic E-state index is 0.256. The van der Waals surface area contributed by atoms with Crippen LogP contribution in [0.1, 0.15) is 20.8 Å². The lowest BCUT2D eigenvalue weighted by Gasteiger charge is -2.24. The van der Waals surface area contributed by atoms with Gasteiger partial charge in [0.05, 0.1) is 0 Å². The molecule has 1 aliphatic heterocycles. The van der Waals surface area contributed by atoms with Gasteiger partial charge in [-0.05, 0) is 20.8 Å². The number of hydrogen-bond acceptors (Lipinski definition) is 3. The first-order valence-corrected chi connectivity index (χ1v) is 4.21. The fourth-order valence-corrected chi connectivity index (χ4v) is 1.43. The predicted octanol–water partition coefficient (Wildman–Crippen LogP) is -0.00110. The smallest absolute Gasteiger partial charge is 0.329 e. The van der Waals surface area contributed by atoms with Crippen LogP contribution in [0, 0.1) is 0 Å². The molecule has 0 atom stereocenters. The molecule has 0 unspecified atom stereocenters. The summed E-state index contributed by atoms with van der Waals surface area (Å²) >= 11 is 0. The zero-order chi connectivity index (χ0) is 10.2. The van der Waals surface area contributed by atoms with E-state index in [0.717, 1.165) is 9.80 Å². The quantitative estimate of drug-likeness (QED) is 0.617. The van der Waals surface area contributed by atoms with Gasteiger partial charge in [0.1, 0.15) is 12.3 Å². The van der Waals surface area contributed by atoms with Crippen LogP contribution in [-0.4, -0.2) is 45.7 Å².